The van der Waals surface area contributed by atoms with Crippen molar-refractivity contribution in [3.63, 3.8) is 0 Å². The lowest BCUT2D eigenvalue weighted by atomic mass is 10.0. The minimum Gasteiger partial charge on any atom is -0.306 e. The van der Waals surface area contributed by atoms with Gasteiger partial charge in [-0.05, 0) is 42.3 Å². The molecular formula is C20H22ClN3O5S2. The highest BCUT2D eigenvalue weighted by atomic mass is 35.5. The first kappa shape index (κ1) is 22.2. The average molecular weight is 484 g/mol. The number of carbonyl (C=O) groups is 1. The van der Waals surface area contributed by atoms with Crippen molar-refractivity contribution in [3.05, 3.63) is 59.1 Å². The molecule has 2 fully saturated rings. The highest BCUT2D eigenvalue weighted by molar-refractivity contribution is 7.91. The molecule has 2 aliphatic heterocycles. The summed E-state index contributed by atoms with van der Waals surface area (Å²) in [6.45, 7) is 0.568. The number of amides is 1. The molecule has 1 amide bonds. The monoisotopic (exact) mass is 483 g/mol. The Hall–Kier alpha value is -1.98. The third kappa shape index (κ3) is 4.78. The van der Waals surface area contributed by atoms with E-state index in [1.165, 1.54) is 12.1 Å². The Morgan fingerprint density at radius 1 is 1.06 bits per heavy atom. The van der Waals surface area contributed by atoms with Gasteiger partial charge in [0.1, 0.15) is 0 Å². The van der Waals surface area contributed by atoms with Crippen molar-refractivity contribution < 1.29 is 21.6 Å². The lowest BCUT2D eigenvalue weighted by Gasteiger charge is -2.43. The third-order valence-corrected chi connectivity index (χ3v) is 8.59. The Bertz CT molecular complexity index is 1220. The zero-order valence-corrected chi connectivity index (χ0v) is 18.9. The van der Waals surface area contributed by atoms with E-state index >= 15 is 0 Å². The van der Waals surface area contributed by atoms with E-state index in [2.05, 4.69) is 0 Å². The van der Waals surface area contributed by atoms with E-state index in [9.17, 15) is 21.6 Å². The summed E-state index contributed by atoms with van der Waals surface area (Å²) in [5.74, 6) is -0.271. The smallest absolute Gasteiger partial charge is 0.241 e. The molecule has 0 saturated carbocycles. The molecule has 0 spiro atoms. The van der Waals surface area contributed by atoms with Gasteiger partial charge in [0.05, 0.1) is 29.0 Å². The maximum absolute atomic E-state index is 13.0. The van der Waals surface area contributed by atoms with E-state index in [4.69, 9.17) is 16.7 Å². The summed E-state index contributed by atoms with van der Waals surface area (Å²) in [5.41, 5.74) is 1.47. The number of nitrogens with zero attached hydrogens (tertiary/aromatic N) is 2. The molecule has 31 heavy (non-hydrogen) atoms. The van der Waals surface area contributed by atoms with Gasteiger partial charge in [0.15, 0.2) is 9.84 Å². The largest absolute Gasteiger partial charge is 0.306 e. The first-order valence-electron chi connectivity index (χ1n) is 9.67. The second-order valence-electron chi connectivity index (χ2n) is 7.86. The number of nitrogens with two attached hydrogens (primary N) is 1. The molecule has 0 aromatic heterocycles. The lowest BCUT2D eigenvalue weighted by molar-refractivity contribution is -0.123. The zero-order chi connectivity index (χ0) is 22.4. The zero-order valence-electron chi connectivity index (χ0n) is 16.5. The van der Waals surface area contributed by atoms with Crippen LogP contribution in [0.25, 0.3) is 0 Å². The van der Waals surface area contributed by atoms with Crippen LogP contribution in [0.2, 0.25) is 5.02 Å². The number of fused-ring (bicyclic) bond motifs is 1. The Morgan fingerprint density at radius 2 is 1.74 bits per heavy atom. The molecule has 2 N–H and O–H groups in total. The van der Waals surface area contributed by atoms with Crippen LogP contribution in [0.15, 0.2) is 53.4 Å². The summed E-state index contributed by atoms with van der Waals surface area (Å²) in [4.78, 5) is 16.5. The minimum atomic E-state index is -3.76. The van der Waals surface area contributed by atoms with E-state index in [0.29, 0.717) is 23.7 Å². The standard InChI is InChI=1S/C20H22ClN3O5S2/c21-15-2-1-3-16(10-15)24-19-13-30(26,27)12-18(19)23(11-20(24)25)9-8-14-4-6-17(7-5-14)31(22,28)29/h1-7,10,18-19H,8-9,11-13H2,(H2,22,28,29)/t18-,19+/m0/s1. The summed E-state index contributed by atoms with van der Waals surface area (Å²) in [5, 5.41) is 5.60. The maximum atomic E-state index is 13.0. The van der Waals surface area contributed by atoms with Crippen LogP contribution in [0.5, 0.6) is 0 Å². The highest BCUT2D eigenvalue weighted by Gasteiger charge is 2.49. The number of hydrogen-bond acceptors (Lipinski definition) is 6. The lowest BCUT2D eigenvalue weighted by Crippen LogP contribution is -2.62. The van der Waals surface area contributed by atoms with Crippen molar-refractivity contribution >= 4 is 43.1 Å². The summed E-state index contributed by atoms with van der Waals surface area (Å²) < 4.78 is 47.7. The van der Waals surface area contributed by atoms with Gasteiger partial charge < -0.3 is 4.90 Å². The Kier molecular flexibility index (Phi) is 5.86. The van der Waals surface area contributed by atoms with Crippen LogP contribution in [0.4, 0.5) is 5.69 Å². The molecule has 166 valence electrons. The maximum Gasteiger partial charge on any atom is 0.241 e. The van der Waals surface area contributed by atoms with Crippen LogP contribution in [0.1, 0.15) is 5.56 Å². The Balaban J connectivity index is 1.54. The van der Waals surface area contributed by atoms with E-state index in [0.717, 1.165) is 5.56 Å². The van der Waals surface area contributed by atoms with Crippen molar-refractivity contribution in [1.29, 1.82) is 0 Å². The molecule has 0 bridgehead atoms. The molecule has 4 rings (SSSR count). The Morgan fingerprint density at radius 3 is 2.39 bits per heavy atom. The van der Waals surface area contributed by atoms with Gasteiger partial charge in [0.2, 0.25) is 15.9 Å². The van der Waals surface area contributed by atoms with E-state index < -0.39 is 25.9 Å². The van der Waals surface area contributed by atoms with Gasteiger partial charge in [0, 0.05) is 23.3 Å². The molecule has 2 aliphatic rings. The molecule has 11 heteroatoms. The number of sulfonamides is 1. The minimum absolute atomic E-state index is 0.00757. The summed E-state index contributed by atoms with van der Waals surface area (Å²) >= 11 is 6.08. The summed E-state index contributed by atoms with van der Waals surface area (Å²) in [6.07, 6.45) is 0.540. The topological polar surface area (TPSA) is 118 Å². The van der Waals surface area contributed by atoms with Crippen LogP contribution in [0, 0.1) is 0 Å². The predicted octanol–water partition coefficient (Wildman–Crippen LogP) is 1.04. The fourth-order valence-corrected chi connectivity index (χ4v) is 6.96. The molecule has 0 radical (unpaired) electrons. The number of carbonyl (C=O) groups excluding carboxylic acids is 1. The van der Waals surface area contributed by atoms with Crippen molar-refractivity contribution in [3.8, 4) is 0 Å². The van der Waals surface area contributed by atoms with Gasteiger partial charge in [-0.2, -0.15) is 0 Å². The number of primary sulfonamides is 1. The number of rotatable bonds is 5. The van der Waals surface area contributed by atoms with E-state index in [1.807, 2.05) is 4.90 Å². The molecule has 2 aromatic rings. The quantitative estimate of drug-likeness (QED) is 0.679. The first-order valence-corrected chi connectivity index (χ1v) is 13.4. The van der Waals surface area contributed by atoms with Crippen molar-refractivity contribution in [2.45, 2.75) is 23.4 Å². The molecule has 2 saturated heterocycles. The fourth-order valence-electron chi connectivity index (χ4n) is 4.28. The molecule has 0 aliphatic carbocycles. The number of hydrogen-bond donors (Lipinski definition) is 1. The summed E-state index contributed by atoms with van der Waals surface area (Å²) in [7, 11) is -7.05. The summed E-state index contributed by atoms with van der Waals surface area (Å²) in [6, 6.07) is 12.3. The fraction of sp³-hybridized carbons (Fsp3) is 0.350. The van der Waals surface area contributed by atoms with Crippen LogP contribution in [0.3, 0.4) is 0 Å². The predicted molar refractivity (Wildman–Crippen MR) is 118 cm³/mol. The van der Waals surface area contributed by atoms with Crippen LogP contribution < -0.4 is 10.0 Å². The van der Waals surface area contributed by atoms with Crippen LogP contribution >= 0.6 is 11.6 Å². The van der Waals surface area contributed by atoms with E-state index in [1.54, 1.807) is 41.3 Å². The third-order valence-electron chi connectivity index (χ3n) is 5.73. The van der Waals surface area contributed by atoms with Gasteiger partial charge >= 0.3 is 0 Å². The van der Waals surface area contributed by atoms with Gasteiger partial charge in [-0.15, -0.1) is 0 Å². The van der Waals surface area contributed by atoms with Crippen LogP contribution in [-0.4, -0.2) is 64.3 Å². The second-order valence-corrected chi connectivity index (χ2v) is 12.0. The number of anilines is 1. The van der Waals surface area contributed by atoms with Gasteiger partial charge in [-0.25, -0.2) is 22.0 Å². The number of sulfone groups is 1. The molecule has 2 heterocycles. The molecule has 2 atom stereocenters. The normalized spacial score (nSPS) is 23.7. The van der Waals surface area contributed by atoms with Gasteiger partial charge in [0.25, 0.3) is 0 Å². The van der Waals surface area contributed by atoms with Crippen LogP contribution in [-0.2, 0) is 31.1 Å². The number of piperazine rings is 1. The van der Waals surface area contributed by atoms with Gasteiger partial charge in [-0.1, -0.05) is 29.8 Å². The molecule has 0 unspecified atom stereocenters. The molecule has 2 aromatic carbocycles. The Labute approximate surface area is 186 Å². The second kappa shape index (κ2) is 8.18. The first-order chi connectivity index (χ1) is 14.5. The molecular weight excluding hydrogens is 462 g/mol. The van der Waals surface area contributed by atoms with Crippen molar-refractivity contribution in [2.75, 3.05) is 29.5 Å². The van der Waals surface area contributed by atoms with E-state index in [-0.39, 0.29) is 34.9 Å². The van der Waals surface area contributed by atoms with Crippen molar-refractivity contribution in [2.24, 2.45) is 5.14 Å². The van der Waals surface area contributed by atoms with Gasteiger partial charge in [-0.3, -0.25) is 9.69 Å². The van der Waals surface area contributed by atoms with Crippen molar-refractivity contribution in [1.82, 2.24) is 4.90 Å². The average Bonchev–Trinajstić information content (AvgIpc) is 3.00. The number of halogens is 1. The number of benzene rings is 2. The SMILES string of the molecule is NS(=O)(=O)c1ccc(CCN2CC(=O)N(c3cccc(Cl)c3)[C@@H]3CS(=O)(=O)C[C@@H]32)cc1. The molecule has 8 nitrogen and oxygen atoms in total. The highest BCUT2D eigenvalue weighted by Crippen LogP contribution is 2.32.